The van der Waals surface area contributed by atoms with Gasteiger partial charge in [-0.2, -0.15) is 37.0 Å². The summed E-state index contributed by atoms with van der Waals surface area (Å²) in [4.78, 5) is 20.9. The van der Waals surface area contributed by atoms with Crippen LogP contribution < -0.4 is 0 Å². The van der Waals surface area contributed by atoms with E-state index in [1.807, 2.05) is 12.5 Å². The summed E-state index contributed by atoms with van der Waals surface area (Å²) in [6, 6.07) is 0. The molecular weight excluding hydrogens is 256 g/mol. The normalized spacial score (nSPS) is 8.53. The van der Waals surface area contributed by atoms with Crippen LogP contribution in [0.3, 0.4) is 0 Å². The van der Waals surface area contributed by atoms with Gasteiger partial charge in [0.25, 0.3) is 0 Å². The van der Waals surface area contributed by atoms with Crippen LogP contribution in [0.15, 0.2) is 0 Å². The Hall–Kier alpha value is -0.0100. The molecule has 0 fully saturated rings. The molecule has 0 rings (SSSR count). The van der Waals surface area contributed by atoms with Crippen molar-refractivity contribution in [3.8, 4) is 0 Å². The number of hydrogen-bond acceptors (Lipinski definition) is 7. The maximum atomic E-state index is 10.5. The summed E-state index contributed by atoms with van der Waals surface area (Å²) in [5.41, 5.74) is 0. The average molecular weight is 272 g/mol. The molecule has 0 aliphatic heterocycles. The fraction of sp³-hybridized carbons (Fsp3) is 0.750. The fourth-order valence-electron chi connectivity index (χ4n) is 0.402. The second-order valence-electron chi connectivity index (χ2n) is 2.17. The van der Waals surface area contributed by atoms with Gasteiger partial charge in [-0.1, -0.05) is 0 Å². The van der Waals surface area contributed by atoms with E-state index in [9.17, 15) is 9.59 Å². The smallest absolute Gasteiger partial charge is 0.315 e. The molecule has 0 aromatic rings. The van der Waals surface area contributed by atoms with Crippen molar-refractivity contribution in [2.45, 2.75) is 0 Å². The summed E-state index contributed by atoms with van der Waals surface area (Å²) in [5, 5.41) is 0. The lowest BCUT2D eigenvalue weighted by Crippen LogP contribution is -2.14. The van der Waals surface area contributed by atoms with Crippen LogP contribution in [0.1, 0.15) is 0 Å². The molecule has 0 atom stereocenters. The highest BCUT2D eigenvalue weighted by atomic mass is 32.2. The summed E-state index contributed by atoms with van der Waals surface area (Å²) < 4.78 is 9.14. The Morgan fingerprint density at radius 2 is 1.27 bits per heavy atom. The summed E-state index contributed by atoms with van der Waals surface area (Å²) >= 11 is 9.11. The Kier molecular flexibility index (Phi) is 16.2. The van der Waals surface area contributed by atoms with Crippen LogP contribution in [0.2, 0.25) is 0 Å². The molecule has 0 saturated carbocycles. The molecule has 90 valence electrons. The topological polar surface area (TPSA) is 52.6 Å². The van der Waals surface area contributed by atoms with Crippen molar-refractivity contribution in [3.05, 3.63) is 0 Å². The van der Waals surface area contributed by atoms with Gasteiger partial charge in [0.2, 0.25) is 0 Å². The summed E-state index contributed by atoms with van der Waals surface area (Å²) in [6.45, 7) is 0.137. The van der Waals surface area contributed by atoms with E-state index >= 15 is 0 Å². The Morgan fingerprint density at radius 3 is 1.47 bits per heavy atom. The summed E-state index contributed by atoms with van der Waals surface area (Å²) in [6.07, 6.45) is 4.08. The third-order valence-electron chi connectivity index (χ3n) is 0.868. The lowest BCUT2D eigenvalue weighted by molar-refractivity contribution is -0.148. The maximum Gasteiger partial charge on any atom is 0.315 e. The zero-order chi connectivity index (χ0) is 12.1. The molecule has 7 heteroatoms. The number of thiol groups is 2. The van der Waals surface area contributed by atoms with E-state index in [0.717, 1.165) is 0 Å². The van der Waals surface area contributed by atoms with E-state index in [1.165, 1.54) is 0 Å². The van der Waals surface area contributed by atoms with Crippen molar-refractivity contribution >= 4 is 49.0 Å². The Balaban J connectivity index is 0. The molecule has 0 heterocycles. The van der Waals surface area contributed by atoms with Gasteiger partial charge in [0.1, 0.15) is 13.2 Å². The molecular formula is C8H16O4S3. The number of hydrogen-bond donors (Lipinski definition) is 2. The van der Waals surface area contributed by atoms with Crippen LogP contribution in [0.4, 0.5) is 0 Å². The lowest BCUT2D eigenvalue weighted by atomic mass is 10.7. The molecule has 4 nitrogen and oxygen atoms in total. The predicted molar refractivity (Wildman–Crippen MR) is 69.1 cm³/mol. The number of thioether (sulfide) groups is 1. The first-order valence-electron chi connectivity index (χ1n) is 4.05. The van der Waals surface area contributed by atoms with Gasteiger partial charge in [-0.25, -0.2) is 0 Å². The van der Waals surface area contributed by atoms with E-state index in [1.54, 1.807) is 11.8 Å². The number of ether oxygens (including phenoxy) is 2. The Labute approximate surface area is 105 Å². The van der Waals surface area contributed by atoms with Gasteiger partial charge in [0.15, 0.2) is 0 Å². The first-order chi connectivity index (χ1) is 7.12. The van der Waals surface area contributed by atoms with E-state index in [-0.39, 0.29) is 24.7 Å². The molecule has 0 aliphatic rings. The van der Waals surface area contributed by atoms with Gasteiger partial charge in [0.05, 0.1) is 11.5 Å². The molecule has 0 aromatic heterocycles. The standard InChI is InChI=1S/C6H10O4S2.C2H6S/c7-5(3-11)9-1-2-10-6(8)4-12;1-3-2/h11-12H,1-4H2;1-2H3. The highest BCUT2D eigenvalue weighted by molar-refractivity contribution is 7.97. The fourth-order valence-corrected chi connectivity index (χ4v) is 0.585. The van der Waals surface area contributed by atoms with E-state index in [0.29, 0.717) is 0 Å². The van der Waals surface area contributed by atoms with Gasteiger partial charge >= 0.3 is 11.9 Å². The monoisotopic (exact) mass is 272 g/mol. The zero-order valence-electron chi connectivity index (χ0n) is 8.76. The van der Waals surface area contributed by atoms with Gasteiger partial charge in [0, 0.05) is 0 Å². The zero-order valence-corrected chi connectivity index (χ0v) is 11.4. The molecule has 0 amide bonds. The molecule has 15 heavy (non-hydrogen) atoms. The van der Waals surface area contributed by atoms with Crippen LogP contribution in [0.25, 0.3) is 0 Å². The van der Waals surface area contributed by atoms with Crippen LogP contribution in [-0.4, -0.2) is 49.2 Å². The highest BCUT2D eigenvalue weighted by Crippen LogP contribution is 1.85. The molecule has 0 unspecified atom stereocenters. The van der Waals surface area contributed by atoms with E-state index in [2.05, 4.69) is 34.7 Å². The van der Waals surface area contributed by atoms with E-state index < -0.39 is 11.9 Å². The molecule has 0 N–H and O–H groups in total. The Bertz CT molecular complexity index is 157. The minimum atomic E-state index is -0.430. The molecule has 0 aromatic carbocycles. The second-order valence-corrected chi connectivity index (χ2v) is 3.61. The predicted octanol–water partition coefficient (Wildman–Crippen LogP) is 0.912. The van der Waals surface area contributed by atoms with Gasteiger partial charge in [-0.3, -0.25) is 9.59 Å². The largest absolute Gasteiger partial charge is 0.461 e. The SMILES string of the molecule is CSC.O=C(CS)OCCOC(=O)CS. The van der Waals surface area contributed by atoms with Crippen molar-refractivity contribution < 1.29 is 19.1 Å². The molecule has 0 radical (unpaired) electrons. The lowest BCUT2D eigenvalue weighted by Gasteiger charge is -2.03. The van der Waals surface area contributed by atoms with Crippen molar-refractivity contribution in [1.29, 1.82) is 0 Å². The van der Waals surface area contributed by atoms with Crippen molar-refractivity contribution in [2.75, 3.05) is 37.2 Å². The number of rotatable bonds is 5. The quantitative estimate of drug-likeness (QED) is 0.443. The second kappa shape index (κ2) is 14.0. The van der Waals surface area contributed by atoms with Crippen molar-refractivity contribution in [3.63, 3.8) is 0 Å². The summed E-state index contributed by atoms with van der Waals surface area (Å²) in [7, 11) is 0. The van der Waals surface area contributed by atoms with Crippen LogP contribution >= 0.6 is 37.0 Å². The van der Waals surface area contributed by atoms with E-state index in [4.69, 9.17) is 0 Å². The first kappa shape index (κ1) is 17.4. The maximum absolute atomic E-state index is 10.5. The van der Waals surface area contributed by atoms with Crippen LogP contribution in [0, 0.1) is 0 Å². The van der Waals surface area contributed by atoms with Gasteiger partial charge in [-0.05, 0) is 12.5 Å². The first-order valence-corrected chi connectivity index (χ1v) is 6.95. The molecule has 0 saturated heterocycles. The van der Waals surface area contributed by atoms with Crippen molar-refractivity contribution in [1.82, 2.24) is 0 Å². The number of carbonyl (C=O) groups is 2. The minimum absolute atomic E-state index is 0.0283. The van der Waals surface area contributed by atoms with Crippen molar-refractivity contribution in [2.24, 2.45) is 0 Å². The number of esters is 2. The molecule has 0 bridgehead atoms. The Morgan fingerprint density at radius 1 is 1.00 bits per heavy atom. The summed E-state index contributed by atoms with van der Waals surface area (Å²) in [5.74, 6) is -0.804. The van der Waals surface area contributed by atoms with Gasteiger partial charge in [-0.15, -0.1) is 0 Å². The highest BCUT2D eigenvalue weighted by Gasteiger charge is 2.00. The third-order valence-corrected chi connectivity index (χ3v) is 1.38. The van der Waals surface area contributed by atoms with Crippen LogP contribution in [0.5, 0.6) is 0 Å². The molecule has 0 spiro atoms. The number of carbonyl (C=O) groups excluding carboxylic acids is 2. The van der Waals surface area contributed by atoms with Crippen LogP contribution in [-0.2, 0) is 19.1 Å². The minimum Gasteiger partial charge on any atom is -0.461 e. The average Bonchev–Trinajstić information content (AvgIpc) is 2.24. The molecule has 0 aliphatic carbocycles. The third kappa shape index (κ3) is 16.7. The van der Waals surface area contributed by atoms with Gasteiger partial charge < -0.3 is 9.47 Å².